The van der Waals surface area contributed by atoms with Gasteiger partial charge in [0.05, 0.1) is 16.2 Å². The quantitative estimate of drug-likeness (QED) is 0.888. The Hall–Kier alpha value is -1.92. The number of carbonyl (C=O) groups excluding carboxylic acids is 1. The van der Waals surface area contributed by atoms with Gasteiger partial charge in [0.1, 0.15) is 18.3 Å². The van der Waals surface area contributed by atoms with E-state index in [0.29, 0.717) is 29.2 Å². The molecule has 0 aliphatic rings. The molecule has 0 aliphatic heterocycles. The van der Waals surface area contributed by atoms with Crippen LogP contribution in [0.1, 0.15) is 26.7 Å². The first-order chi connectivity index (χ1) is 10.0. The molecule has 7 heteroatoms. The zero-order chi connectivity index (χ0) is 15.5. The molecule has 3 N–H and O–H groups in total. The fraction of sp³-hybridized carbons (Fsp3) is 0.357. The zero-order valence-corrected chi connectivity index (χ0v) is 12.8. The molecule has 1 amide bonds. The van der Waals surface area contributed by atoms with Gasteiger partial charge in [-0.15, -0.1) is 0 Å². The number of nitrogens with one attached hydrogen (secondary N) is 1. The SMILES string of the molecule is CCC(N)(CC)C(=O)Nc1cccc(Cl)c1-n1cncn1. The summed E-state index contributed by atoms with van der Waals surface area (Å²) in [7, 11) is 0. The Morgan fingerprint density at radius 2 is 2.14 bits per heavy atom. The molecule has 1 heterocycles. The summed E-state index contributed by atoms with van der Waals surface area (Å²) in [5.41, 5.74) is 6.33. The van der Waals surface area contributed by atoms with E-state index >= 15 is 0 Å². The van der Waals surface area contributed by atoms with E-state index in [4.69, 9.17) is 17.3 Å². The molecule has 0 saturated carbocycles. The third kappa shape index (κ3) is 3.06. The lowest BCUT2D eigenvalue weighted by molar-refractivity contribution is -0.121. The second-order valence-corrected chi connectivity index (χ2v) is 5.20. The number of nitrogens with two attached hydrogens (primary N) is 1. The molecule has 112 valence electrons. The first-order valence-electron chi connectivity index (χ1n) is 6.75. The molecule has 0 saturated heterocycles. The number of amides is 1. The summed E-state index contributed by atoms with van der Waals surface area (Å²) < 4.78 is 1.51. The largest absolute Gasteiger partial charge is 0.323 e. The van der Waals surface area contributed by atoms with Gasteiger partial charge in [-0.3, -0.25) is 4.79 Å². The Morgan fingerprint density at radius 1 is 1.43 bits per heavy atom. The second-order valence-electron chi connectivity index (χ2n) is 4.79. The zero-order valence-electron chi connectivity index (χ0n) is 12.0. The van der Waals surface area contributed by atoms with Crippen LogP contribution in [0.3, 0.4) is 0 Å². The summed E-state index contributed by atoms with van der Waals surface area (Å²) in [6.07, 6.45) is 4.02. The highest BCUT2D eigenvalue weighted by Crippen LogP contribution is 2.28. The first-order valence-corrected chi connectivity index (χ1v) is 7.13. The average molecular weight is 308 g/mol. The predicted molar refractivity (Wildman–Crippen MR) is 82.5 cm³/mol. The third-order valence-corrected chi connectivity index (χ3v) is 3.90. The van der Waals surface area contributed by atoms with E-state index in [-0.39, 0.29) is 5.91 Å². The number of anilines is 1. The highest BCUT2D eigenvalue weighted by Gasteiger charge is 2.30. The number of hydrogen-bond acceptors (Lipinski definition) is 4. The van der Waals surface area contributed by atoms with E-state index in [1.165, 1.54) is 17.3 Å². The molecule has 1 aromatic carbocycles. The van der Waals surface area contributed by atoms with E-state index in [0.717, 1.165) is 0 Å². The fourth-order valence-electron chi connectivity index (χ4n) is 1.99. The Kier molecular flexibility index (Phi) is 4.59. The Bertz CT molecular complexity index is 622. The van der Waals surface area contributed by atoms with E-state index < -0.39 is 5.54 Å². The molecule has 0 unspecified atom stereocenters. The molecule has 1 aromatic heterocycles. The van der Waals surface area contributed by atoms with Crippen molar-refractivity contribution in [2.24, 2.45) is 5.73 Å². The highest BCUT2D eigenvalue weighted by molar-refractivity contribution is 6.33. The lowest BCUT2D eigenvalue weighted by Gasteiger charge is -2.25. The molecule has 0 aliphatic carbocycles. The van der Waals surface area contributed by atoms with Crippen molar-refractivity contribution >= 4 is 23.2 Å². The van der Waals surface area contributed by atoms with Crippen LogP contribution < -0.4 is 11.1 Å². The number of rotatable bonds is 5. The maximum Gasteiger partial charge on any atom is 0.244 e. The monoisotopic (exact) mass is 307 g/mol. The van der Waals surface area contributed by atoms with Crippen LogP contribution in [0.5, 0.6) is 0 Å². The van der Waals surface area contributed by atoms with Gasteiger partial charge in [-0.25, -0.2) is 9.67 Å². The highest BCUT2D eigenvalue weighted by atomic mass is 35.5. The normalized spacial score (nSPS) is 11.4. The molecule has 0 radical (unpaired) electrons. The van der Waals surface area contributed by atoms with Gasteiger partial charge in [0.15, 0.2) is 0 Å². The van der Waals surface area contributed by atoms with E-state index in [1.807, 2.05) is 13.8 Å². The van der Waals surface area contributed by atoms with Gasteiger partial charge in [0, 0.05) is 0 Å². The second kappa shape index (κ2) is 6.24. The molecular weight excluding hydrogens is 290 g/mol. The number of benzene rings is 1. The van der Waals surface area contributed by atoms with Gasteiger partial charge in [-0.05, 0) is 25.0 Å². The van der Waals surface area contributed by atoms with Crippen molar-refractivity contribution in [1.82, 2.24) is 14.8 Å². The standard InChI is InChI=1S/C14H18ClN5O/c1-3-14(16,4-2)13(21)19-11-7-5-6-10(15)12(11)20-9-17-8-18-20/h5-9H,3-4,16H2,1-2H3,(H,19,21). The smallest absolute Gasteiger partial charge is 0.244 e. The number of nitrogens with zero attached hydrogens (tertiary/aromatic N) is 3. The minimum Gasteiger partial charge on any atom is -0.323 e. The van der Waals surface area contributed by atoms with Crippen LogP contribution in [-0.4, -0.2) is 26.2 Å². The molecule has 2 aromatic rings. The summed E-state index contributed by atoms with van der Waals surface area (Å²) in [6.45, 7) is 3.78. The van der Waals surface area contributed by atoms with Crippen molar-refractivity contribution in [3.8, 4) is 5.69 Å². The summed E-state index contributed by atoms with van der Waals surface area (Å²) >= 11 is 6.22. The molecule has 21 heavy (non-hydrogen) atoms. The number of para-hydroxylation sites is 1. The number of aromatic nitrogens is 3. The van der Waals surface area contributed by atoms with E-state index in [1.54, 1.807) is 18.2 Å². The lowest BCUT2D eigenvalue weighted by atomic mass is 9.93. The molecular formula is C14H18ClN5O. The van der Waals surface area contributed by atoms with Crippen LogP contribution >= 0.6 is 11.6 Å². The fourth-order valence-corrected chi connectivity index (χ4v) is 2.25. The van der Waals surface area contributed by atoms with Crippen molar-refractivity contribution in [3.05, 3.63) is 35.9 Å². The molecule has 0 spiro atoms. The number of halogens is 1. The molecule has 0 bridgehead atoms. The summed E-state index contributed by atoms with van der Waals surface area (Å²) in [4.78, 5) is 16.3. The van der Waals surface area contributed by atoms with Crippen LogP contribution in [-0.2, 0) is 4.79 Å². The first kappa shape index (κ1) is 15.5. The van der Waals surface area contributed by atoms with Crippen LogP contribution in [0.2, 0.25) is 5.02 Å². The Labute approximate surface area is 128 Å². The number of hydrogen-bond donors (Lipinski definition) is 2. The molecule has 0 fully saturated rings. The van der Waals surface area contributed by atoms with Gasteiger partial charge >= 0.3 is 0 Å². The Morgan fingerprint density at radius 3 is 2.71 bits per heavy atom. The Balaban J connectivity index is 2.38. The van der Waals surface area contributed by atoms with Crippen LogP contribution in [0, 0.1) is 0 Å². The average Bonchev–Trinajstić information content (AvgIpc) is 3.00. The summed E-state index contributed by atoms with van der Waals surface area (Å²) in [5.74, 6) is -0.240. The predicted octanol–water partition coefficient (Wildman–Crippen LogP) is 2.38. The molecule has 6 nitrogen and oxygen atoms in total. The minimum absolute atomic E-state index is 0.240. The molecule has 2 rings (SSSR count). The van der Waals surface area contributed by atoms with Gasteiger partial charge in [0.2, 0.25) is 5.91 Å². The van der Waals surface area contributed by atoms with Gasteiger partial charge in [-0.1, -0.05) is 31.5 Å². The maximum absolute atomic E-state index is 12.4. The molecule has 0 atom stereocenters. The van der Waals surface area contributed by atoms with Crippen LogP contribution in [0.15, 0.2) is 30.9 Å². The van der Waals surface area contributed by atoms with Crippen molar-refractivity contribution in [2.75, 3.05) is 5.32 Å². The van der Waals surface area contributed by atoms with Gasteiger partial charge in [-0.2, -0.15) is 5.10 Å². The lowest BCUT2D eigenvalue weighted by Crippen LogP contribution is -2.50. The summed E-state index contributed by atoms with van der Waals surface area (Å²) in [6, 6.07) is 5.24. The topological polar surface area (TPSA) is 85.8 Å². The van der Waals surface area contributed by atoms with Crippen LogP contribution in [0.4, 0.5) is 5.69 Å². The van der Waals surface area contributed by atoms with E-state index in [2.05, 4.69) is 15.4 Å². The van der Waals surface area contributed by atoms with Crippen molar-refractivity contribution < 1.29 is 4.79 Å². The van der Waals surface area contributed by atoms with Gasteiger partial charge in [0.25, 0.3) is 0 Å². The van der Waals surface area contributed by atoms with Crippen molar-refractivity contribution in [2.45, 2.75) is 32.2 Å². The minimum atomic E-state index is -0.901. The maximum atomic E-state index is 12.4. The number of carbonyl (C=O) groups is 1. The van der Waals surface area contributed by atoms with Crippen molar-refractivity contribution in [3.63, 3.8) is 0 Å². The third-order valence-electron chi connectivity index (χ3n) is 3.60. The van der Waals surface area contributed by atoms with Crippen LogP contribution in [0.25, 0.3) is 5.69 Å². The summed E-state index contributed by atoms with van der Waals surface area (Å²) in [5, 5.41) is 7.37. The van der Waals surface area contributed by atoms with Gasteiger partial charge < -0.3 is 11.1 Å². The van der Waals surface area contributed by atoms with E-state index in [9.17, 15) is 4.79 Å². The van der Waals surface area contributed by atoms with Crippen molar-refractivity contribution in [1.29, 1.82) is 0 Å².